The first-order valence-corrected chi connectivity index (χ1v) is 10.2. The molecule has 0 radical (unpaired) electrons. The summed E-state index contributed by atoms with van der Waals surface area (Å²) < 4.78 is 27.1. The van der Waals surface area contributed by atoms with Crippen molar-refractivity contribution in [3.8, 4) is 0 Å². The van der Waals surface area contributed by atoms with Crippen LogP contribution in [0.1, 0.15) is 18.4 Å². The van der Waals surface area contributed by atoms with Crippen molar-refractivity contribution in [2.75, 3.05) is 13.1 Å². The van der Waals surface area contributed by atoms with E-state index < -0.39 is 10.0 Å². The lowest BCUT2D eigenvalue weighted by molar-refractivity contribution is 0.373. The molecule has 1 aliphatic rings. The highest BCUT2D eigenvalue weighted by Crippen LogP contribution is 2.25. The van der Waals surface area contributed by atoms with Crippen LogP contribution in [0.25, 0.3) is 10.9 Å². The Morgan fingerprint density at radius 1 is 1.00 bits per heavy atom. The van der Waals surface area contributed by atoms with Gasteiger partial charge in [-0.2, -0.15) is 0 Å². The Morgan fingerprint density at radius 2 is 1.76 bits per heavy atom. The Morgan fingerprint density at radius 3 is 2.52 bits per heavy atom. The first kappa shape index (κ1) is 16.4. The van der Waals surface area contributed by atoms with Crippen molar-refractivity contribution in [3.05, 3.63) is 66.4 Å². The van der Waals surface area contributed by atoms with E-state index in [1.54, 1.807) is 30.5 Å². The maximum Gasteiger partial charge on any atom is 0.268 e. The predicted molar refractivity (Wildman–Crippen MR) is 100 cm³/mol. The van der Waals surface area contributed by atoms with E-state index in [1.165, 1.54) is 22.4 Å². The molecule has 0 atom stereocenters. The summed E-state index contributed by atoms with van der Waals surface area (Å²) in [6.45, 7) is 2.19. The average Bonchev–Trinajstić information content (AvgIpc) is 3.07. The normalized spacial score (nSPS) is 16.3. The summed E-state index contributed by atoms with van der Waals surface area (Å²) >= 11 is 0. The number of benzene rings is 2. The molecule has 5 heteroatoms. The van der Waals surface area contributed by atoms with Gasteiger partial charge in [-0.1, -0.05) is 24.3 Å². The molecule has 25 heavy (non-hydrogen) atoms. The van der Waals surface area contributed by atoms with Gasteiger partial charge in [0.1, 0.15) is 0 Å². The van der Waals surface area contributed by atoms with Crippen molar-refractivity contribution >= 4 is 20.9 Å². The third-order valence-electron chi connectivity index (χ3n) is 5.00. The number of piperidine rings is 1. The number of aromatic nitrogens is 1. The van der Waals surface area contributed by atoms with Crippen LogP contribution < -0.4 is 5.32 Å². The standard InChI is InChI=1S/C20H22N2O2S/c23-25(24,19-4-2-1-3-5-19)22-13-10-18-15-17(6-7-20(18)22)14-16-8-11-21-12-9-16/h1-7,10,13,15-16,21H,8-9,11-12,14H2. The van der Waals surface area contributed by atoms with E-state index in [2.05, 4.69) is 17.4 Å². The molecular weight excluding hydrogens is 332 g/mol. The van der Waals surface area contributed by atoms with Gasteiger partial charge < -0.3 is 5.32 Å². The Labute approximate surface area is 148 Å². The van der Waals surface area contributed by atoms with Crippen LogP contribution in [0.3, 0.4) is 0 Å². The third-order valence-corrected chi connectivity index (χ3v) is 6.71. The van der Waals surface area contributed by atoms with E-state index in [1.807, 2.05) is 18.2 Å². The fourth-order valence-corrected chi connectivity index (χ4v) is 5.00. The summed E-state index contributed by atoms with van der Waals surface area (Å²) in [5.74, 6) is 0.717. The fraction of sp³-hybridized carbons (Fsp3) is 0.300. The summed E-state index contributed by atoms with van der Waals surface area (Å²) in [5, 5.41) is 4.37. The number of nitrogens with zero attached hydrogens (tertiary/aromatic N) is 1. The van der Waals surface area contributed by atoms with Gasteiger partial charge in [0.15, 0.2) is 0 Å². The van der Waals surface area contributed by atoms with Gasteiger partial charge in [0, 0.05) is 11.6 Å². The molecule has 1 aliphatic heterocycles. The molecule has 0 spiro atoms. The van der Waals surface area contributed by atoms with E-state index in [-0.39, 0.29) is 0 Å². The SMILES string of the molecule is O=S(=O)(c1ccccc1)n1ccc2cc(CC3CCNCC3)ccc21. The molecular formula is C20H22N2O2S. The van der Waals surface area contributed by atoms with Crippen LogP contribution in [0.4, 0.5) is 0 Å². The fourth-order valence-electron chi connectivity index (χ4n) is 3.63. The zero-order valence-corrected chi connectivity index (χ0v) is 14.9. The van der Waals surface area contributed by atoms with Gasteiger partial charge in [-0.25, -0.2) is 12.4 Å². The van der Waals surface area contributed by atoms with Crippen molar-refractivity contribution in [1.82, 2.24) is 9.29 Å². The number of hydrogen-bond donors (Lipinski definition) is 1. The molecule has 130 valence electrons. The maximum absolute atomic E-state index is 12.9. The Bertz CT molecular complexity index is 971. The van der Waals surface area contributed by atoms with Gasteiger partial charge in [-0.3, -0.25) is 0 Å². The van der Waals surface area contributed by atoms with Crippen LogP contribution in [-0.2, 0) is 16.4 Å². The molecule has 1 N–H and O–H groups in total. The van der Waals surface area contributed by atoms with Gasteiger partial charge in [0.05, 0.1) is 10.4 Å². The average molecular weight is 354 g/mol. The highest BCUT2D eigenvalue weighted by molar-refractivity contribution is 7.90. The van der Waals surface area contributed by atoms with Crippen molar-refractivity contribution < 1.29 is 8.42 Å². The summed E-state index contributed by atoms with van der Waals surface area (Å²) in [5.41, 5.74) is 2.02. The van der Waals surface area contributed by atoms with E-state index in [0.29, 0.717) is 10.8 Å². The van der Waals surface area contributed by atoms with Crippen molar-refractivity contribution in [1.29, 1.82) is 0 Å². The molecule has 0 unspecified atom stereocenters. The zero-order chi connectivity index (χ0) is 17.3. The maximum atomic E-state index is 12.9. The Kier molecular flexibility index (Phi) is 4.36. The molecule has 0 bridgehead atoms. The van der Waals surface area contributed by atoms with Gasteiger partial charge >= 0.3 is 0 Å². The summed E-state index contributed by atoms with van der Waals surface area (Å²) in [4.78, 5) is 0.311. The van der Waals surface area contributed by atoms with Crippen LogP contribution in [0.15, 0.2) is 65.7 Å². The molecule has 0 amide bonds. The smallest absolute Gasteiger partial charge is 0.268 e. The minimum atomic E-state index is -3.55. The third kappa shape index (κ3) is 3.22. The van der Waals surface area contributed by atoms with Crippen LogP contribution in [-0.4, -0.2) is 25.5 Å². The lowest BCUT2D eigenvalue weighted by Crippen LogP contribution is -2.28. The molecule has 0 saturated carbocycles. The topological polar surface area (TPSA) is 51.1 Å². The first-order valence-electron chi connectivity index (χ1n) is 8.76. The van der Waals surface area contributed by atoms with Crippen molar-refractivity contribution in [3.63, 3.8) is 0 Å². The van der Waals surface area contributed by atoms with E-state index in [0.717, 1.165) is 30.4 Å². The minimum absolute atomic E-state index is 0.311. The Hall–Kier alpha value is -2.11. The van der Waals surface area contributed by atoms with E-state index >= 15 is 0 Å². The summed E-state index contributed by atoms with van der Waals surface area (Å²) in [6.07, 6.45) is 5.14. The number of hydrogen-bond acceptors (Lipinski definition) is 3. The zero-order valence-electron chi connectivity index (χ0n) is 14.1. The quantitative estimate of drug-likeness (QED) is 0.781. The number of nitrogens with one attached hydrogen (secondary N) is 1. The van der Waals surface area contributed by atoms with Gasteiger partial charge in [-0.05, 0) is 74.2 Å². The molecule has 1 saturated heterocycles. The highest BCUT2D eigenvalue weighted by atomic mass is 32.2. The van der Waals surface area contributed by atoms with Gasteiger partial charge in [-0.15, -0.1) is 0 Å². The van der Waals surface area contributed by atoms with Crippen LogP contribution in [0, 0.1) is 5.92 Å². The molecule has 4 nitrogen and oxygen atoms in total. The molecule has 0 aliphatic carbocycles. The second-order valence-corrected chi connectivity index (χ2v) is 8.54. The summed E-state index contributed by atoms with van der Waals surface area (Å²) in [7, 11) is -3.55. The van der Waals surface area contributed by atoms with E-state index in [9.17, 15) is 8.42 Å². The van der Waals surface area contributed by atoms with Gasteiger partial charge in [0.2, 0.25) is 0 Å². The molecule has 1 aromatic heterocycles. The molecule has 3 aromatic rings. The second kappa shape index (κ2) is 6.65. The lowest BCUT2D eigenvalue weighted by Gasteiger charge is -2.22. The minimum Gasteiger partial charge on any atom is -0.317 e. The predicted octanol–water partition coefficient (Wildman–Crippen LogP) is 3.42. The van der Waals surface area contributed by atoms with Crippen molar-refractivity contribution in [2.45, 2.75) is 24.2 Å². The molecule has 1 fully saturated rings. The van der Waals surface area contributed by atoms with Crippen LogP contribution >= 0.6 is 0 Å². The van der Waals surface area contributed by atoms with Crippen LogP contribution in [0.5, 0.6) is 0 Å². The van der Waals surface area contributed by atoms with E-state index in [4.69, 9.17) is 0 Å². The molecule has 2 aromatic carbocycles. The lowest BCUT2D eigenvalue weighted by atomic mass is 9.91. The number of fused-ring (bicyclic) bond motifs is 1. The van der Waals surface area contributed by atoms with Crippen molar-refractivity contribution in [2.24, 2.45) is 5.92 Å². The largest absolute Gasteiger partial charge is 0.317 e. The van der Waals surface area contributed by atoms with Crippen LogP contribution in [0.2, 0.25) is 0 Å². The Balaban J connectivity index is 1.66. The molecule has 4 rings (SSSR count). The second-order valence-electron chi connectivity index (χ2n) is 6.72. The highest BCUT2D eigenvalue weighted by Gasteiger charge is 2.19. The number of rotatable bonds is 4. The van der Waals surface area contributed by atoms with Gasteiger partial charge in [0.25, 0.3) is 10.0 Å². The molecule has 2 heterocycles. The monoisotopic (exact) mass is 354 g/mol. The summed E-state index contributed by atoms with van der Waals surface area (Å²) in [6, 6.07) is 16.6. The first-order chi connectivity index (χ1) is 12.1.